The van der Waals surface area contributed by atoms with Gasteiger partial charge in [-0.3, -0.25) is 4.79 Å². The van der Waals surface area contributed by atoms with Crippen molar-refractivity contribution in [3.63, 3.8) is 0 Å². The molecule has 1 N–H and O–H groups in total. The molecule has 7 nitrogen and oxygen atoms in total. The first kappa shape index (κ1) is 21.7. The second-order valence-electron chi connectivity index (χ2n) is 6.22. The highest BCUT2D eigenvalue weighted by Crippen LogP contribution is 2.19. The van der Waals surface area contributed by atoms with Crippen molar-refractivity contribution in [1.82, 2.24) is 4.31 Å². The van der Waals surface area contributed by atoms with Crippen LogP contribution < -0.4 is 14.8 Å². The van der Waals surface area contributed by atoms with Crippen molar-refractivity contribution < 1.29 is 22.7 Å². The molecule has 1 amide bonds. The van der Waals surface area contributed by atoms with E-state index in [1.165, 1.54) is 26.2 Å². The summed E-state index contributed by atoms with van der Waals surface area (Å²) in [7, 11) is -0.614. The lowest BCUT2D eigenvalue weighted by Crippen LogP contribution is -2.22. The molecule has 0 aliphatic heterocycles. The molecule has 28 heavy (non-hydrogen) atoms. The van der Waals surface area contributed by atoms with Crippen molar-refractivity contribution in [2.24, 2.45) is 0 Å². The van der Waals surface area contributed by atoms with Crippen LogP contribution in [0.25, 0.3) is 0 Å². The summed E-state index contributed by atoms with van der Waals surface area (Å²) in [5.74, 6) is 1.30. The lowest BCUT2D eigenvalue weighted by atomic mass is 10.2. The smallest absolute Gasteiger partial charge is 0.242 e. The number of ether oxygens (including phenoxy) is 2. The number of nitrogens with one attached hydrogen (secondary N) is 1. The summed E-state index contributed by atoms with van der Waals surface area (Å²) in [5, 5.41) is 2.72. The highest BCUT2D eigenvalue weighted by Gasteiger charge is 2.17. The van der Waals surface area contributed by atoms with Crippen molar-refractivity contribution >= 4 is 21.6 Å². The molecule has 0 aromatic heterocycles. The molecular weight excluding hydrogens is 380 g/mol. The Hall–Kier alpha value is -2.58. The van der Waals surface area contributed by atoms with Crippen LogP contribution in [0.1, 0.15) is 19.8 Å². The molecule has 0 atom stereocenters. The van der Waals surface area contributed by atoms with E-state index in [1.807, 2.05) is 31.2 Å². The number of sulfonamides is 1. The molecule has 0 aliphatic carbocycles. The lowest BCUT2D eigenvalue weighted by Gasteiger charge is -2.12. The van der Waals surface area contributed by atoms with Gasteiger partial charge < -0.3 is 14.8 Å². The van der Waals surface area contributed by atoms with Crippen molar-refractivity contribution in [3.8, 4) is 11.5 Å². The Labute approximate surface area is 166 Å². The van der Waals surface area contributed by atoms with Crippen molar-refractivity contribution in [3.05, 3.63) is 48.5 Å². The van der Waals surface area contributed by atoms with E-state index in [9.17, 15) is 13.2 Å². The molecule has 0 spiro atoms. The van der Waals surface area contributed by atoms with Crippen LogP contribution in [-0.4, -0.2) is 45.9 Å². The Balaban J connectivity index is 1.80. The zero-order valence-corrected chi connectivity index (χ0v) is 17.2. The van der Waals surface area contributed by atoms with Crippen molar-refractivity contribution in [2.75, 3.05) is 32.6 Å². The Morgan fingerprint density at radius 2 is 1.68 bits per heavy atom. The van der Waals surface area contributed by atoms with E-state index in [1.54, 1.807) is 12.1 Å². The fourth-order valence-electron chi connectivity index (χ4n) is 2.39. The Kier molecular flexibility index (Phi) is 7.83. The first-order chi connectivity index (χ1) is 13.3. The highest BCUT2D eigenvalue weighted by molar-refractivity contribution is 7.89. The topological polar surface area (TPSA) is 84.9 Å². The summed E-state index contributed by atoms with van der Waals surface area (Å²) < 4.78 is 36.4. The molecule has 2 rings (SSSR count). The van der Waals surface area contributed by atoms with Crippen LogP contribution in [0.15, 0.2) is 53.4 Å². The van der Waals surface area contributed by atoms with E-state index < -0.39 is 10.0 Å². The molecule has 0 heterocycles. The average molecular weight is 407 g/mol. The van der Waals surface area contributed by atoms with E-state index in [2.05, 4.69) is 5.32 Å². The van der Waals surface area contributed by atoms with E-state index in [-0.39, 0.29) is 17.2 Å². The van der Waals surface area contributed by atoms with Gasteiger partial charge in [-0.15, -0.1) is 0 Å². The first-order valence-corrected chi connectivity index (χ1v) is 10.4. The maximum Gasteiger partial charge on any atom is 0.242 e. The minimum Gasteiger partial charge on any atom is -0.494 e. The fraction of sp³-hybridized carbons (Fsp3) is 0.350. The number of nitrogens with zero attached hydrogens (tertiary/aromatic N) is 1. The van der Waals surface area contributed by atoms with Gasteiger partial charge in [0, 0.05) is 26.2 Å². The van der Waals surface area contributed by atoms with Crippen LogP contribution in [0.4, 0.5) is 5.69 Å². The quantitative estimate of drug-likeness (QED) is 0.613. The molecule has 8 heteroatoms. The summed E-state index contributed by atoms with van der Waals surface area (Å²) in [6, 6.07) is 13.5. The van der Waals surface area contributed by atoms with Gasteiger partial charge in [0.2, 0.25) is 15.9 Å². The average Bonchev–Trinajstić information content (AvgIpc) is 2.67. The maximum atomic E-state index is 12.2. The number of carbonyl (C=O) groups excluding carboxylic acids is 1. The molecular formula is C20H26N2O5S. The van der Waals surface area contributed by atoms with Crippen LogP contribution in [-0.2, 0) is 14.8 Å². The molecule has 2 aromatic carbocycles. The fourth-order valence-corrected chi connectivity index (χ4v) is 3.34. The van der Waals surface area contributed by atoms with Crippen LogP contribution in [0.2, 0.25) is 0 Å². The van der Waals surface area contributed by atoms with E-state index in [4.69, 9.17) is 9.47 Å². The largest absolute Gasteiger partial charge is 0.494 e. The number of hydrogen-bond acceptors (Lipinski definition) is 5. The first-order valence-electron chi connectivity index (χ1n) is 9.01. The number of rotatable bonds is 10. The number of hydrogen-bond donors (Lipinski definition) is 1. The minimum absolute atomic E-state index is 0.133. The number of anilines is 1. The van der Waals surface area contributed by atoms with Gasteiger partial charge in [0.05, 0.1) is 18.1 Å². The lowest BCUT2D eigenvalue weighted by molar-refractivity contribution is -0.116. The molecule has 0 bridgehead atoms. The van der Waals surface area contributed by atoms with Crippen LogP contribution >= 0.6 is 0 Å². The van der Waals surface area contributed by atoms with E-state index in [0.29, 0.717) is 31.1 Å². The second kappa shape index (κ2) is 10.1. The van der Waals surface area contributed by atoms with Gasteiger partial charge in [-0.1, -0.05) is 6.07 Å². The third-order valence-corrected chi connectivity index (χ3v) is 5.66. The number of benzene rings is 2. The molecule has 0 unspecified atom stereocenters. The molecule has 0 fully saturated rings. The SMILES string of the molecule is CCOc1ccc(OCCCC(=O)Nc2cccc(S(=O)(=O)N(C)C)c2)cc1. The third kappa shape index (κ3) is 6.24. The summed E-state index contributed by atoms with van der Waals surface area (Å²) in [6.45, 7) is 2.93. The molecule has 0 saturated heterocycles. The standard InChI is InChI=1S/C20H26N2O5S/c1-4-26-17-10-12-18(13-11-17)27-14-6-9-20(23)21-16-7-5-8-19(15-16)28(24,25)22(2)3/h5,7-8,10-13,15H,4,6,9,14H2,1-3H3,(H,21,23). The number of amides is 1. The minimum atomic E-state index is -3.54. The highest BCUT2D eigenvalue weighted by atomic mass is 32.2. The van der Waals surface area contributed by atoms with Gasteiger partial charge in [0.25, 0.3) is 0 Å². The summed E-state index contributed by atoms with van der Waals surface area (Å²) in [4.78, 5) is 12.2. The normalized spacial score (nSPS) is 11.3. The van der Waals surface area contributed by atoms with Crippen molar-refractivity contribution in [2.45, 2.75) is 24.7 Å². The van der Waals surface area contributed by atoms with Gasteiger partial charge >= 0.3 is 0 Å². The number of carbonyl (C=O) groups is 1. The van der Waals surface area contributed by atoms with E-state index >= 15 is 0 Å². The third-order valence-electron chi connectivity index (χ3n) is 3.85. The predicted molar refractivity (Wildman–Crippen MR) is 108 cm³/mol. The Morgan fingerprint density at radius 1 is 1.04 bits per heavy atom. The molecule has 0 radical (unpaired) electrons. The Morgan fingerprint density at radius 3 is 2.29 bits per heavy atom. The maximum absolute atomic E-state index is 12.2. The predicted octanol–water partition coefficient (Wildman–Crippen LogP) is 3.13. The van der Waals surface area contributed by atoms with Crippen molar-refractivity contribution in [1.29, 1.82) is 0 Å². The van der Waals surface area contributed by atoms with Crippen LogP contribution in [0.5, 0.6) is 11.5 Å². The van der Waals surface area contributed by atoms with Gasteiger partial charge in [0.1, 0.15) is 11.5 Å². The molecule has 0 aliphatic rings. The summed E-state index contributed by atoms with van der Waals surface area (Å²) in [5.41, 5.74) is 0.445. The zero-order valence-electron chi connectivity index (χ0n) is 16.3. The molecule has 2 aromatic rings. The van der Waals surface area contributed by atoms with Crippen LogP contribution in [0, 0.1) is 0 Å². The van der Waals surface area contributed by atoms with Gasteiger partial charge in [-0.2, -0.15) is 0 Å². The van der Waals surface area contributed by atoms with Gasteiger partial charge in [-0.05, 0) is 55.8 Å². The monoisotopic (exact) mass is 406 g/mol. The molecule has 0 saturated carbocycles. The van der Waals surface area contributed by atoms with Gasteiger partial charge in [-0.25, -0.2) is 12.7 Å². The van der Waals surface area contributed by atoms with E-state index in [0.717, 1.165) is 10.1 Å². The summed E-state index contributed by atoms with van der Waals surface area (Å²) >= 11 is 0. The van der Waals surface area contributed by atoms with Crippen LogP contribution in [0.3, 0.4) is 0 Å². The van der Waals surface area contributed by atoms with Gasteiger partial charge in [0.15, 0.2) is 0 Å². The summed E-state index contributed by atoms with van der Waals surface area (Å²) in [6.07, 6.45) is 0.802. The Bertz CT molecular complexity index is 880. The molecule has 152 valence electrons. The zero-order chi connectivity index (χ0) is 20.6. The second-order valence-corrected chi connectivity index (χ2v) is 8.37.